The Morgan fingerprint density at radius 3 is 2.62 bits per heavy atom. The number of aryl methyl sites for hydroxylation is 1. The third-order valence-corrected chi connectivity index (χ3v) is 2.97. The van der Waals surface area contributed by atoms with Crippen molar-refractivity contribution in [2.45, 2.75) is 26.1 Å². The molecule has 1 aromatic heterocycles. The lowest BCUT2D eigenvalue weighted by Gasteiger charge is -2.09. The van der Waals surface area contributed by atoms with E-state index in [9.17, 15) is 22.4 Å². The minimum atomic E-state index is -4.62. The van der Waals surface area contributed by atoms with Crippen molar-refractivity contribution < 1.29 is 22.4 Å². The van der Waals surface area contributed by atoms with Gasteiger partial charge in [0.1, 0.15) is 5.82 Å². The fourth-order valence-corrected chi connectivity index (χ4v) is 1.87. The highest BCUT2D eigenvalue weighted by Crippen LogP contribution is 2.30. The maximum atomic E-state index is 13.6. The molecule has 0 bridgehead atoms. The van der Waals surface area contributed by atoms with E-state index in [0.29, 0.717) is 30.3 Å². The quantitative estimate of drug-likeness (QED) is 0.640. The summed E-state index contributed by atoms with van der Waals surface area (Å²) in [7, 11) is 0. The van der Waals surface area contributed by atoms with E-state index in [1.54, 1.807) is 10.9 Å². The first kappa shape index (κ1) is 15.2. The predicted octanol–water partition coefficient (Wildman–Crippen LogP) is 3.49. The van der Waals surface area contributed by atoms with E-state index in [0.717, 1.165) is 0 Å². The molecule has 0 spiro atoms. The molecule has 21 heavy (non-hydrogen) atoms. The molecule has 0 atom stereocenters. The zero-order chi connectivity index (χ0) is 15.6. The predicted molar refractivity (Wildman–Crippen MR) is 67.3 cm³/mol. The fraction of sp³-hybridized carbons (Fsp3) is 0.286. The molecular weight excluding hydrogens is 288 g/mol. The van der Waals surface area contributed by atoms with Crippen molar-refractivity contribution in [2.75, 3.05) is 0 Å². The van der Waals surface area contributed by atoms with Crippen LogP contribution in [0.3, 0.4) is 0 Å². The average Bonchev–Trinajstić information content (AvgIpc) is 2.85. The Kier molecular flexibility index (Phi) is 4.11. The molecule has 0 aliphatic carbocycles. The largest absolute Gasteiger partial charge is 0.416 e. The second kappa shape index (κ2) is 5.67. The number of aromatic nitrogens is 2. The number of carbonyl (C=O) groups is 1. The first-order valence-electron chi connectivity index (χ1n) is 6.22. The Balaban J connectivity index is 2.26. The lowest BCUT2D eigenvalue weighted by atomic mass is 10.0. The molecule has 0 unspecified atom stereocenters. The molecule has 0 saturated heterocycles. The van der Waals surface area contributed by atoms with Crippen molar-refractivity contribution in [1.29, 1.82) is 0 Å². The van der Waals surface area contributed by atoms with E-state index >= 15 is 0 Å². The first-order chi connectivity index (χ1) is 9.81. The number of Topliss-reactive ketones (excluding diaryl/α,β-unsaturated/α-hetero) is 1. The van der Waals surface area contributed by atoms with Crippen LogP contribution >= 0.6 is 0 Å². The standard InChI is InChI=1S/C14H12F4N2O/c1-2-20-8-9(7-19-20)5-13(21)11-6-10(14(16,17)18)3-4-12(11)15/h3-4,6-8H,2,5H2,1H3. The summed E-state index contributed by atoms with van der Waals surface area (Å²) in [5.74, 6) is -1.68. The van der Waals surface area contributed by atoms with E-state index in [1.165, 1.54) is 6.20 Å². The highest BCUT2D eigenvalue weighted by Gasteiger charge is 2.31. The molecule has 0 amide bonds. The number of hydrogen-bond acceptors (Lipinski definition) is 2. The van der Waals surface area contributed by atoms with Crippen LogP contribution < -0.4 is 0 Å². The lowest BCUT2D eigenvalue weighted by Crippen LogP contribution is -2.11. The Labute approximate surface area is 118 Å². The third kappa shape index (κ3) is 3.48. The average molecular weight is 300 g/mol. The molecule has 1 aromatic carbocycles. The van der Waals surface area contributed by atoms with Gasteiger partial charge < -0.3 is 0 Å². The molecule has 2 rings (SSSR count). The zero-order valence-electron chi connectivity index (χ0n) is 11.1. The summed E-state index contributed by atoms with van der Waals surface area (Å²) in [6, 6.07) is 1.81. The molecule has 112 valence electrons. The number of rotatable bonds is 4. The summed E-state index contributed by atoms with van der Waals surface area (Å²) in [4.78, 5) is 12.0. The molecule has 0 N–H and O–H groups in total. The maximum Gasteiger partial charge on any atom is 0.416 e. The van der Waals surface area contributed by atoms with Crippen LogP contribution in [0.25, 0.3) is 0 Å². The Morgan fingerprint density at radius 2 is 2.05 bits per heavy atom. The molecule has 7 heteroatoms. The van der Waals surface area contributed by atoms with Crippen LogP contribution in [-0.4, -0.2) is 15.6 Å². The van der Waals surface area contributed by atoms with Gasteiger partial charge in [-0.3, -0.25) is 9.48 Å². The van der Waals surface area contributed by atoms with Crippen LogP contribution in [0, 0.1) is 5.82 Å². The molecular formula is C14H12F4N2O. The van der Waals surface area contributed by atoms with Crippen molar-refractivity contribution in [2.24, 2.45) is 0 Å². The van der Waals surface area contributed by atoms with Crippen LogP contribution in [0.4, 0.5) is 17.6 Å². The minimum absolute atomic E-state index is 0.196. The number of carbonyl (C=O) groups excluding carboxylic acids is 1. The summed E-state index contributed by atoms with van der Waals surface area (Å²) in [5, 5.41) is 3.95. The molecule has 0 fully saturated rings. The van der Waals surface area contributed by atoms with Gasteiger partial charge in [-0.15, -0.1) is 0 Å². The molecule has 3 nitrogen and oxygen atoms in total. The van der Waals surface area contributed by atoms with Gasteiger partial charge in [0.25, 0.3) is 0 Å². The third-order valence-electron chi connectivity index (χ3n) is 2.97. The minimum Gasteiger partial charge on any atom is -0.294 e. The van der Waals surface area contributed by atoms with Gasteiger partial charge in [-0.05, 0) is 30.7 Å². The first-order valence-corrected chi connectivity index (χ1v) is 6.22. The summed E-state index contributed by atoms with van der Waals surface area (Å²) in [6.45, 7) is 2.46. The van der Waals surface area contributed by atoms with Gasteiger partial charge in [-0.1, -0.05) is 0 Å². The van der Waals surface area contributed by atoms with Gasteiger partial charge in [-0.25, -0.2) is 4.39 Å². The van der Waals surface area contributed by atoms with Gasteiger partial charge >= 0.3 is 6.18 Å². The van der Waals surface area contributed by atoms with Crippen LogP contribution in [0.5, 0.6) is 0 Å². The fourth-order valence-electron chi connectivity index (χ4n) is 1.87. The highest BCUT2D eigenvalue weighted by molar-refractivity contribution is 5.97. The van der Waals surface area contributed by atoms with E-state index in [1.807, 2.05) is 6.92 Å². The van der Waals surface area contributed by atoms with Crippen LogP contribution in [0.2, 0.25) is 0 Å². The molecule has 2 aromatic rings. The monoisotopic (exact) mass is 300 g/mol. The van der Waals surface area contributed by atoms with E-state index in [2.05, 4.69) is 5.10 Å². The van der Waals surface area contributed by atoms with Crippen molar-refractivity contribution in [3.63, 3.8) is 0 Å². The van der Waals surface area contributed by atoms with E-state index < -0.39 is 28.9 Å². The van der Waals surface area contributed by atoms with Crippen LogP contribution in [0.15, 0.2) is 30.6 Å². The van der Waals surface area contributed by atoms with Crippen LogP contribution in [-0.2, 0) is 19.1 Å². The van der Waals surface area contributed by atoms with Crippen molar-refractivity contribution in [1.82, 2.24) is 9.78 Å². The molecule has 1 heterocycles. The number of nitrogens with zero attached hydrogens (tertiary/aromatic N) is 2. The zero-order valence-corrected chi connectivity index (χ0v) is 11.1. The topological polar surface area (TPSA) is 34.9 Å². The summed E-state index contributed by atoms with van der Waals surface area (Å²) >= 11 is 0. The Morgan fingerprint density at radius 1 is 1.33 bits per heavy atom. The SMILES string of the molecule is CCn1cc(CC(=O)c2cc(C(F)(F)F)ccc2F)cn1. The van der Waals surface area contributed by atoms with E-state index in [4.69, 9.17) is 0 Å². The van der Waals surface area contributed by atoms with Crippen LogP contribution in [0.1, 0.15) is 28.4 Å². The van der Waals surface area contributed by atoms with E-state index in [-0.39, 0.29) is 6.42 Å². The number of benzene rings is 1. The number of halogens is 4. The Bertz CT molecular complexity index is 661. The van der Waals surface area contributed by atoms with Gasteiger partial charge in [-0.2, -0.15) is 18.3 Å². The molecule has 0 radical (unpaired) electrons. The normalized spacial score (nSPS) is 11.7. The maximum absolute atomic E-state index is 13.6. The number of hydrogen-bond donors (Lipinski definition) is 0. The second-order valence-electron chi connectivity index (χ2n) is 4.50. The number of ketones is 1. The molecule has 0 aliphatic heterocycles. The highest BCUT2D eigenvalue weighted by atomic mass is 19.4. The van der Waals surface area contributed by atoms with Gasteiger partial charge in [0.2, 0.25) is 0 Å². The molecule has 0 saturated carbocycles. The Hall–Kier alpha value is -2.18. The second-order valence-corrected chi connectivity index (χ2v) is 4.50. The van der Waals surface area contributed by atoms with Crippen molar-refractivity contribution in [3.8, 4) is 0 Å². The van der Waals surface area contributed by atoms with Gasteiger partial charge in [0.05, 0.1) is 17.3 Å². The van der Waals surface area contributed by atoms with Gasteiger partial charge in [0.15, 0.2) is 5.78 Å². The summed E-state index contributed by atoms with van der Waals surface area (Å²) in [5.41, 5.74) is -1.08. The van der Waals surface area contributed by atoms with Gasteiger partial charge in [0, 0.05) is 19.2 Å². The number of alkyl halides is 3. The summed E-state index contributed by atoms with van der Waals surface area (Å²) < 4.78 is 52.9. The molecule has 0 aliphatic rings. The van der Waals surface area contributed by atoms with Crippen molar-refractivity contribution in [3.05, 3.63) is 53.1 Å². The lowest BCUT2D eigenvalue weighted by molar-refractivity contribution is -0.137. The van der Waals surface area contributed by atoms with Crippen molar-refractivity contribution >= 4 is 5.78 Å². The summed E-state index contributed by atoms with van der Waals surface area (Å²) in [6.07, 6.45) is -1.77. The smallest absolute Gasteiger partial charge is 0.294 e.